The molecule has 37 heavy (non-hydrogen) atoms. The van der Waals surface area contributed by atoms with E-state index in [1.54, 1.807) is 26.0 Å². The lowest BCUT2D eigenvalue weighted by Gasteiger charge is -2.12. The molecule has 0 aliphatic rings. The lowest BCUT2D eigenvalue weighted by molar-refractivity contribution is -0.191. The van der Waals surface area contributed by atoms with Gasteiger partial charge in [0, 0.05) is 12.1 Å². The molecule has 0 aliphatic heterocycles. The molecule has 0 aromatic heterocycles. The van der Waals surface area contributed by atoms with Crippen molar-refractivity contribution in [2.75, 3.05) is 24.6 Å². The quantitative estimate of drug-likeness (QED) is 0.221. The Kier molecular flexibility index (Phi) is 21.1. The van der Waals surface area contributed by atoms with Crippen LogP contribution in [0.1, 0.15) is 47.1 Å². The van der Waals surface area contributed by atoms with E-state index in [9.17, 15) is 19.5 Å². The van der Waals surface area contributed by atoms with E-state index in [-0.39, 0.29) is 41.2 Å². The van der Waals surface area contributed by atoms with Crippen LogP contribution >= 0.6 is 31.9 Å². The summed E-state index contributed by atoms with van der Waals surface area (Å²) in [4.78, 5) is 48.8. The lowest BCUT2D eigenvalue weighted by Crippen LogP contribution is -2.04. The molecule has 2 rings (SSSR count). The van der Waals surface area contributed by atoms with Gasteiger partial charge in [-0.25, -0.2) is 9.59 Å². The molecule has 13 heteroatoms. The van der Waals surface area contributed by atoms with Gasteiger partial charge in [0.05, 0.1) is 30.1 Å². The molecule has 0 saturated heterocycles. The lowest BCUT2D eigenvalue weighted by atomic mass is 10.1. The monoisotopic (exact) mass is 650 g/mol. The van der Waals surface area contributed by atoms with E-state index in [2.05, 4.69) is 36.6 Å². The second kappa shape index (κ2) is 21.8. The summed E-state index contributed by atoms with van der Waals surface area (Å²) >= 11 is 6.12. The number of aromatic hydroxyl groups is 1. The molecule has 0 atom stereocenters. The Labute approximate surface area is 230 Å². The highest BCUT2D eigenvalue weighted by molar-refractivity contribution is 9.24. The van der Waals surface area contributed by atoms with Gasteiger partial charge >= 0.3 is 18.1 Å². The number of carboxylic acids is 1. The van der Waals surface area contributed by atoms with Crippen LogP contribution in [0.2, 0.25) is 0 Å². The van der Waals surface area contributed by atoms with E-state index in [0.717, 1.165) is 16.2 Å². The molecule has 0 aliphatic carbocycles. The Balaban J connectivity index is 0. The number of phenolic OH excluding ortho intramolecular Hbond substituents is 1. The number of phenols is 1. The highest BCUT2D eigenvalue weighted by Gasteiger charge is 2.17. The van der Waals surface area contributed by atoms with Gasteiger partial charge in [-0.15, -0.1) is 0 Å². The number of hydrogen-bond donors (Lipinski definition) is 2. The van der Waals surface area contributed by atoms with E-state index in [1.807, 2.05) is 6.92 Å². The van der Waals surface area contributed by atoms with Crippen molar-refractivity contribution in [1.82, 2.24) is 0 Å². The van der Waals surface area contributed by atoms with Crippen LogP contribution in [0.5, 0.6) is 23.0 Å². The number of esters is 1. The third-order valence-corrected chi connectivity index (χ3v) is 3.95. The van der Waals surface area contributed by atoms with E-state index < -0.39 is 11.9 Å². The minimum absolute atomic E-state index is 0.0609. The highest BCUT2D eigenvalue weighted by atomic mass is 79.9. The topological polar surface area (TPSA) is 163 Å². The highest BCUT2D eigenvalue weighted by Crippen LogP contribution is 2.34. The predicted octanol–water partition coefficient (Wildman–Crippen LogP) is 4.61. The van der Waals surface area contributed by atoms with Gasteiger partial charge in [-0.2, -0.15) is 9.59 Å². The van der Waals surface area contributed by atoms with Crippen LogP contribution in [-0.4, -0.2) is 59.3 Å². The number of alkyl halides is 2. The molecule has 0 fully saturated rings. The molecule has 2 aromatic rings. The molecular formula is C24H28Br2O11. The van der Waals surface area contributed by atoms with Gasteiger partial charge in [0.25, 0.3) is 6.47 Å². The molecule has 0 spiro atoms. The molecule has 2 aromatic carbocycles. The first kappa shape index (κ1) is 35.8. The summed E-state index contributed by atoms with van der Waals surface area (Å²) in [5.74, 6) is -1.01. The summed E-state index contributed by atoms with van der Waals surface area (Å²) in [5, 5.41) is 18.5. The average Bonchev–Trinajstić information content (AvgIpc) is 2.86. The summed E-state index contributed by atoms with van der Waals surface area (Å²) in [7, 11) is 1.33. The van der Waals surface area contributed by atoms with Crippen molar-refractivity contribution in [3.63, 3.8) is 0 Å². The molecule has 0 heterocycles. The van der Waals surface area contributed by atoms with Crippen LogP contribution in [0.3, 0.4) is 0 Å². The molecule has 0 bridgehead atoms. The zero-order valence-corrected chi connectivity index (χ0v) is 23.8. The maximum absolute atomic E-state index is 11.3. The fraction of sp³-hybridized carbons (Fsp3) is 0.333. The number of carbonyl (C=O) groups is 3. The molecule has 2 N–H and O–H groups in total. The maximum Gasteiger partial charge on any atom is 0.373 e. The molecular weight excluding hydrogens is 624 g/mol. The van der Waals surface area contributed by atoms with Crippen LogP contribution < -0.4 is 14.2 Å². The summed E-state index contributed by atoms with van der Waals surface area (Å²) in [5.41, 5.74) is 1.16. The predicted molar refractivity (Wildman–Crippen MR) is 139 cm³/mol. The molecule has 204 valence electrons. The first-order valence-corrected chi connectivity index (χ1v) is 12.7. The van der Waals surface area contributed by atoms with E-state index in [1.165, 1.54) is 25.3 Å². The molecule has 0 amide bonds. The second-order valence-electron chi connectivity index (χ2n) is 6.05. The molecule has 0 saturated carbocycles. The largest absolute Gasteiger partial charge is 0.508 e. The van der Waals surface area contributed by atoms with Crippen LogP contribution in [0.25, 0.3) is 0 Å². The van der Waals surface area contributed by atoms with Crippen molar-refractivity contribution in [2.45, 2.75) is 27.2 Å². The first-order valence-electron chi connectivity index (χ1n) is 10.4. The molecule has 11 nitrogen and oxygen atoms in total. The van der Waals surface area contributed by atoms with E-state index >= 15 is 0 Å². The number of hydrogen-bond acceptors (Lipinski definition) is 10. The normalized spacial score (nSPS) is 8.81. The summed E-state index contributed by atoms with van der Waals surface area (Å²) in [6.07, 6.45) is 0.995. The van der Waals surface area contributed by atoms with Gasteiger partial charge in [0.1, 0.15) is 17.1 Å². The van der Waals surface area contributed by atoms with Crippen molar-refractivity contribution in [1.29, 1.82) is 0 Å². The zero-order chi connectivity index (χ0) is 28.8. The Morgan fingerprint density at radius 2 is 1.59 bits per heavy atom. The van der Waals surface area contributed by atoms with Crippen molar-refractivity contribution in [2.24, 2.45) is 0 Å². The first-order chi connectivity index (χ1) is 17.6. The van der Waals surface area contributed by atoms with Gasteiger partial charge in [0.2, 0.25) is 0 Å². The van der Waals surface area contributed by atoms with Crippen molar-refractivity contribution in [3.05, 3.63) is 47.0 Å². The third kappa shape index (κ3) is 14.0. The Bertz CT molecular complexity index is 1020. The maximum atomic E-state index is 11.3. The number of carbonyl (C=O) groups excluding carboxylic acids is 4. The fourth-order valence-corrected chi connectivity index (χ4v) is 2.49. The molecule has 0 radical (unpaired) electrons. The average molecular weight is 652 g/mol. The summed E-state index contributed by atoms with van der Waals surface area (Å²) < 4.78 is 20.4. The minimum atomic E-state index is -1.15. The number of methoxy groups -OCH3 is 1. The number of benzene rings is 2. The number of carboxylic acid groups (broad SMARTS) is 1. The zero-order valence-electron chi connectivity index (χ0n) is 20.6. The third-order valence-electron chi connectivity index (χ3n) is 3.95. The van der Waals surface area contributed by atoms with Gasteiger partial charge in [-0.3, -0.25) is 4.79 Å². The summed E-state index contributed by atoms with van der Waals surface area (Å²) in [6.45, 7) is 6.32. The number of ether oxygens (including phenoxy) is 4. The van der Waals surface area contributed by atoms with Crippen LogP contribution in [0.15, 0.2) is 30.3 Å². The summed E-state index contributed by atoms with van der Waals surface area (Å²) in [6, 6.07) is 7.39. The van der Waals surface area contributed by atoms with Crippen LogP contribution in [0.4, 0.5) is 0 Å². The number of rotatable bonds is 9. The Morgan fingerprint density at radius 1 is 1.00 bits per heavy atom. The van der Waals surface area contributed by atoms with Crippen molar-refractivity contribution < 1.29 is 53.1 Å². The van der Waals surface area contributed by atoms with E-state index in [4.69, 9.17) is 28.9 Å². The minimum Gasteiger partial charge on any atom is -0.508 e. The van der Waals surface area contributed by atoms with Crippen LogP contribution in [-0.2, 0) is 25.5 Å². The van der Waals surface area contributed by atoms with Crippen LogP contribution in [0, 0.1) is 0 Å². The fourth-order valence-electron chi connectivity index (χ4n) is 2.49. The Hall–Kier alpha value is -3.41. The number of aryl methyl sites for hydroxylation is 1. The van der Waals surface area contributed by atoms with Gasteiger partial charge in [0.15, 0.2) is 11.5 Å². The number of halogens is 2. The van der Waals surface area contributed by atoms with Crippen molar-refractivity contribution >= 4 is 56.4 Å². The van der Waals surface area contributed by atoms with Gasteiger partial charge < -0.3 is 29.2 Å². The van der Waals surface area contributed by atoms with E-state index in [0.29, 0.717) is 18.8 Å². The second-order valence-corrected chi connectivity index (χ2v) is 8.68. The van der Waals surface area contributed by atoms with Gasteiger partial charge in [-0.1, -0.05) is 44.8 Å². The SMILES string of the molecule is BrCBr.CCOC(=O)c1ccc(CC)c(O)c1.CCOc1cc(C(=O)O)c(OC)cc1OC=O.O=C=O. The standard InChI is InChI=1S/C11H12O6.C11H14O3.CH2Br2.CO2/c1-3-16-9-4-7(11(13)14)8(15-2)5-10(9)17-6-12;1-3-8-5-6-9(7-10(8)12)11(13)14-4-2;2*2-1-3/h4-6H,3H2,1-2H3,(H,13,14);5-7,12H,3-4H2,1-2H3;1H2;. The van der Waals surface area contributed by atoms with Crippen molar-refractivity contribution in [3.8, 4) is 23.0 Å². The van der Waals surface area contributed by atoms with Gasteiger partial charge in [-0.05, 0) is 38.0 Å². The molecule has 0 unspecified atom stereocenters. The smallest absolute Gasteiger partial charge is 0.373 e. The Morgan fingerprint density at radius 3 is 2.00 bits per heavy atom. The number of aromatic carboxylic acids is 1.